The van der Waals surface area contributed by atoms with E-state index in [1.165, 1.54) is 0 Å². The standard InChI is InChI=1S/C24H20N2O2/c1-17-11-12-21(13-18(17)2)26-24(27)20(16-25)14-19-7-6-10-23(15-19)28-22-8-4-3-5-9-22/h3-15H,1-2H3,(H,26,27)/b20-14-. The van der Waals surface area contributed by atoms with Gasteiger partial charge >= 0.3 is 0 Å². The van der Waals surface area contributed by atoms with E-state index in [2.05, 4.69) is 5.32 Å². The Balaban J connectivity index is 1.78. The summed E-state index contributed by atoms with van der Waals surface area (Å²) < 4.78 is 5.80. The highest BCUT2D eigenvalue weighted by Crippen LogP contribution is 2.23. The maximum Gasteiger partial charge on any atom is 0.266 e. The number of hydrogen-bond acceptors (Lipinski definition) is 3. The first kappa shape index (κ1) is 18.9. The molecule has 0 bridgehead atoms. The number of anilines is 1. The van der Waals surface area contributed by atoms with Crippen molar-refractivity contribution in [1.82, 2.24) is 0 Å². The van der Waals surface area contributed by atoms with Crippen LogP contribution in [0.3, 0.4) is 0 Å². The predicted octanol–water partition coefficient (Wildman–Crippen LogP) is 5.64. The van der Waals surface area contributed by atoms with Crippen molar-refractivity contribution in [2.24, 2.45) is 0 Å². The average molecular weight is 368 g/mol. The molecule has 138 valence electrons. The van der Waals surface area contributed by atoms with Crippen LogP contribution in [0.1, 0.15) is 16.7 Å². The highest BCUT2D eigenvalue weighted by atomic mass is 16.5. The maximum absolute atomic E-state index is 12.5. The van der Waals surface area contributed by atoms with E-state index in [-0.39, 0.29) is 5.57 Å². The molecule has 0 spiro atoms. The number of para-hydroxylation sites is 1. The third kappa shape index (κ3) is 4.87. The predicted molar refractivity (Wildman–Crippen MR) is 111 cm³/mol. The summed E-state index contributed by atoms with van der Waals surface area (Å²) in [6.45, 7) is 3.98. The van der Waals surface area contributed by atoms with E-state index in [0.717, 1.165) is 16.9 Å². The normalized spacial score (nSPS) is 10.8. The van der Waals surface area contributed by atoms with Gasteiger partial charge in [-0.3, -0.25) is 4.79 Å². The first-order chi connectivity index (χ1) is 13.5. The molecule has 0 heterocycles. The number of hydrogen-bond donors (Lipinski definition) is 1. The molecule has 0 aromatic heterocycles. The van der Waals surface area contributed by atoms with E-state index in [9.17, 15) is 10.1 Å². The van der Waals surface area contributed by atoms with Crippen LogP contribution in [0.15, 0.2) is 78.4 Å². The lowest BCUT2D eigenvalue weighted by Gasteiger charge is -2.08. The number of nitriles is 1. The van der Waals surface area contributed by atoms with Crippen LogP contribution in [0, 0.1) is 25.2 Å². The van der Waals surface area contributed by atoms with Gasteiger partial charge in [0.15, 0.2) is 0 Å². The molecule has 0 saturated heterocycles. The Bertz CT molecular complexity index is 1060. The van der Waals surface area contributed by atoms with Gasteiger partial charge in [-0.05, 0) is 73.0 Å². The smallest absolute Gasteiger partial charge is 0.266 e. The van der Waals surface area contributed by atoms with Crippen molar-refractivity contribution in [3.8, 4) is 17.6 Å². The van der Waals surface area contributed by atoms with Crippen molar-refractivity contribution in [1.29, 1.82) is 5.26 Å². The van der Waals surface area contributed by atoms with Gasteiger partial charge in [-0.25, -0.2) is 0 Å². The van der Waals surface area contributed by atoms with Crippen molar-refractivity contribution >= 4 is 17.7 Å². The molecule has 3 rings (SSSR count). The number of amides is 1. The summed E-state index contributed by atoms with van der Waals surface area (Å²) in [6, 6.07) is 24.3. The van der Waals surface area contributed by atoms with E-state index >= 15 is 0 Å². The molecule has 28 heavy (non-hydrogen) atoms. The number of carbonyl (C=O) groups is 1. The molecule has 0 aliphatic carbocycles. The lowest BCUT2D eigenvalue weighted by Crippen LogP contribution is -2.13. The fourth-order valence-corrected chi connectivity index (χ4v) is 2.63. The van der Waals surface area contributed by atoms with Gasteiger partial charge in [0.05, 0.1) is 0 Å². The number of carbonyl (C=O) groups excluding carboxylic acids is 1. The van der Waals surface area contributed by atoms with Gasteiger partial charge in [0.2, 0.25) is 0 Å². The van der Waals surface area contributed by atoms with E-state index in [0.29, 0.717) is 17.0 Å². The summed E-state index contributed by atoms with van der Waals surface area (Å²) in [5.41, 5.74) is 3.61. The Morgan fingerprint density at radius 2 is 1.68 bits per heavy atom. The van der Waals surface area contributed by atoms with Crippen LogP contribution >= 0.6 is 0 Å². The fraction of sp³-hybridized carbons (Fsp3) is 0.0833. The van der Waals surface area contributed by atoms with Gasteiger partial charge in [0.1, 0.15) is 23.1 Å². The quantitative estimate of drug-likeness (QED) is 0.468. The van der Waals surface area contributed by atoms with Crippen molar-refractivity contribution in [2.45, 2.75) is 13.8 Å². The van der Waals surface area contributed by atoms with Crippen molar-refractivity contribution in [2.75, 3.05) is 5.32 Å². The number of nitrogens with zero attached hydrogens (tertiary/aromatic N) is 1. The molecule has 3 aromatic rings. The van der Waals surface area contributed by atoms with Crippen LogP contribution in [0.4, 0.5) is 5.69 Å². The number of nitrogens with one attached hydrogen (secondary N) is 1. The first-order valence-electron chi connectivity index (χ1n) is 8.88. The Morgan fingerprint density at radius 1 is 0.929 bits per heavy atom. The second-order valence-electron chi connectivity index (χ2n) is 6.41. The summed E-state index contributed by atoms with van der Waals surface area (Å²) >= 11 is 0. The van der Waals surface area contributed by atoms with E-state index in [4.69, 9.17) is 4.74 Å². The lowest BCUT2D eigenvalue weighted by atomic mass is 10.1. The van der Waals surface area contributed by atoms with Gasteiger partial charge in [0, 0.05) is 5.69 Å². The largest absolute Gasteiger partial charge is 0.457 e. The number of benzene rings is 3. The molecule has 4 nitrogen and oxygen atoms in total. The molecule has 0 unspecified atom stereocenters. The van der Waals surface area contributed by atoms with Gasteiger partial charge in [0.25, 0.3) is 5.91 Å². The average Bonchev–Trinajstić information content (AvgIpc) is 2.70. The minimum atomic E-state index is -0.444. The minimum absolute atomic E-state index is 0.0232. The van der Waals surface area contributed by atoms with Crippen LogP contribution in [-0.4, -0.2) is 5.91 Å². The second kappa shape index (κ2) is 8.70. The molecule has 0 fully saturated rings. The second-order valence-corrected chi connectivity index (χ2v) is 6.41. The van der Waals surface area contributed by atoms with Crippen molar-refractivity contribution in [3.05, 3.63) is 95.1 Å². The zero-order valence-electron chi connectivity index (χ0n) is 15.8. The van der Waals surface area contributed by atoms with Crippen LogP contribution in [0.5, 0.6) is 11.5 Å². The Kier molecular flexibility index (Phi) is 5.88. The van der Waals surface area contributed by atoms with Crippen LogP contribution in [0.25, 0.3) is 6.08 Å². The van der Waals surface area contributed by atoms with Gasteiger partial charge < -0.3 is 10.1 Å². The van der Waals surface area contributed by atoms with E-state index in [1.54, 1.807) is 12.1 Å². The van der Waals surface area contributed by atoms with Gasteiger partial charge in [-0.15, -0.1) is 0 Å². The Hall–Kier alpha value is -3.84. The molecule has 3 aromatic carbocycles. The van der Waals surface area contributed by atoms with Crippen LogP contribution in [0.2, 0.25) is 0 Å². The number of aryl methyl sites for hydroxylation is 2. The van der Waals surface area contributed by atoms with Crippen molar-refractivity contribution in [3.63, 3.8) is 0 Å². The summed E-state index contributed by atoms with van der Waals surface area (Å²) in [5, 5.41) is 12.2. The zero-order chi connectivity index (χ0) is 19.9. The molecule has 0 radical (unpaired) electrons. The molecular formula is C24H20N2O2. The third-order valence-electron chi connectivity index (χ3n) is 4.28. The molecule has 1 N–H and O–H groups in total. The molecule has 0 saturated carbocycles. The highest BCUT2D eigenvalue weighted by Gasteiger charge is 2.10. The first-order valence-corrected chi connectivity index (χ1v) is 8.88. The SMILES string of the molecule is Cc1ccc(NC(=O)/C(C#N)=C\c2cccc(Oc3ccccc3)c2)cc1C. The summed E-state index contributed by atoms with van der Waals surface area (Å²) in [7, 11) is 0. The number of rotatable bonds is 5. The molecular weight excluding hydrogens is 348 g/mol. The van der Waals surface area contributed by atoms with Crippen LogP contribution < -0.4 is 10.1 Å². The van der Waals surface area contributed by atoms with Gasteiger partial charge in [-0.1, -0.05) is 36.4 Å². The van der Waals surface area contributed by atoms with E-state index < -0.39 is 5.91 Å². The Morgan fingerprint density at radius 3 is 2.39 bits per heavy atom. The molecule has 1 amide bonds. The Labute approximate surface area is 164 Å². The molecule has 0 aliphatic heterocycles. The van der Waals surface area contributed by atoms with Crippen LogP contribution in [-0.2, 0) is 4.79 Å². The summed E-state index contributed by atoms with van der Waals surface area (Å²) in [4.78, 5) is 12.5. The highest BCUT2D eigenvalue weighted by molar-refractivity contribution is 6.09. The molecule has 4 heteroatoms. The fourth-order valence-electron chi connectivity index (χ4n) is 2.63. The maximum atomic E-state index is 12.5. The van der Waals surface area contributed by atoms with Gasteiger partial charge in [-0.2, -0.15) is 5.26 Å². The lowest BCUT2D eigenvalue weighted by molar-refractivity contribution is -0.112. The topological polar surface area (TPSA) is 62.1 Å². The third-order valence-corrected chi connectivity index (χ3v) is 4.28. The molecule has 0 atom stereocenters. The summed E-state index contributed by atoms with van der Waals surface area (Å²) in [5.74, 6) is 0.906. The minimum Gasteiger partial charge on any atom is -0.457 e. The zero-order valence-corrected chi connectivity index (χ0v) is 15.8. The van der Waals surface area contributed by atoms with E-state index in [1.807, 2.05) is 86.6 Å². The molecule has 0 aliphatic rings. The van der Waals surface area contributed by atoms with Crippen molar-refractivity contribution < 1.29 is 9.53 Å². The summed E-state index contributed by atoms with van der Waals surface area (Å²) in [6.07, 6.45) is 1.55. The monoisotopic (exact) mass is 368 g/mol. The number of ether oxygens (including phenoxy) is 1.